The molecule has 2 nitrogen and oxygen atoms in total. The molecule has 3 aromatic carbocycles. The quantitative estimate of drug-likeness (QED) is 0.267. The second-order valence-corrected chi connectivity index (χ2v) is 6.63. The topological polar surface area (TPSA) is 26.3 Å². The summed E-state index contributed by atoms with van der Waals surface area (Å²) in [5.41, 5.74) is 0.661. The molecular formula is C23H26O2. The van der Waals surface area contributed by atoms with Crippen LogP contribution in [-0.4, -0.2) is 12.6 Å². The van der Waals surface area contributed by atoms with Crippen LogP contribution in [0.4, 0.5) is 0 Å². The number of unbranched alkanes of at least 4 members (excludes halogenated alkanes) is 5. The molecule has 0 N–H and O–H groups in total. The van der Waals surface area contributed by atoms with E-state index < -0.39 is 0 Å². The summed E-state index contributed by atoms with van der Waals surface area (Å²) in [5.74, 6) is -0.213. The zero-order chi connectivity index (χ0) is 17.5. The van der Waals surface area contributed by atoms with Gasteiger partial charge in [0.1, 0.15) is 0 Å². The van der Waals surface area contributed by atoms with Crippen molar-refractivity contribution in [1.29, 1.82) is 0 Å². The molecular weight excluding hydrogens is 308 g/mol. The lowest BCUT2D eigenvalue weighted by Crippen LogP contribution is -2.07. The molecule has 3 rings (SSSR count). The van der Waals surface area contributed by atoms with Gasteiger partial charge in [0.05, 0.1) is 12.2 Å². The van der Waals surface area contributed by atoms with E-state index in [1.165, 1.54) is 31.1 Å². The lowest BCUT2D eigenvalue weighted by Gasteiger charge is -2.09. The van der Waals surface area contributed by atoms with Crippen LogP contribution in [-0.2, 0) is 4.74 Å². The number of carbonyl (C=O) groups is 1. The Balaban J connectivity index is 1.68. The number of carbonyl (C=O) groups excluding carboxylic acids is 1. The summed E-state index contributed by atoms with van der Waals surface area (Å²) in [6.45, 7) is 2.73. The van der Waals surface area contributed by atoms with Gasteiger partial charge in [-0.25, -0.2) is 4.79 Å². The maximum absolute atomic E-state index is 12.5. The van der Waals surface area contributed by atoms with Crippen LogP contribution in [0.1, 0.15) is 55.8 Å². The van der Waals surface area contributed by atoms with Gasteiger partial charge < -0.3 is 4.74 Å². The Morgan fingerprint density at radius 3 is 2.28 bits per heavy atom. The number of hydrogen-bond donors (Lipinski definition) is 0. The first-order valence-electron chi connectivity index (χ1n) is 9.38. The molecule has 0 fully saturated rings. The van der Waals surface area contributed by atoms with Crippen LogP contribution in [0.15, 0.2) is 54.6 Å². The molecule has 0 aliphatic heterocycles. The summed E-state index contributed by atoms with van der Waals surface area (Å²) in [7, 11) is 0. The molecule has 2 heteroatoms. The van der Waals surface area contributed by atoms with E-state index in [1.807, 2.05) is 30.3 Å². The molecule has 0 atom stereocenters. The lowest BCUT2D eigenvalue weighted by molar-refractivity contribution is 0.0500. The van der Waals surface area contributed by atoms with E-state index in [2.05, 4.69) is 31.2 Å². The van der Waals surface area contributed by atoms with Crippen LogP contribution < -0.4 is 0 Å². The van der Waals surface area contributed by atoms with Crippen LogP contribution in [0.5, 0.6) is 0 Å². The average Bonchev–Trinajstić information content (AvgIpc) is 2.65. The molecule has 0 saturated carbocycles. The zero-order valence-corrected chi connectivity index (χ0v) is 15.0. The summed E-state index contributed by atoms with van der Waals surface area (Å²) < 4.78 is 5.52. The second-order valence-electron chi connectivity index (χ2n) is 6.63. The van der Waals surface area contributed by atoms with Crippen molar-refractivity contribution in [1.82, 2.24) is 0 Å². The predicted molar refractivity (Wildman–Crippen MR) is 105 cm³/mol. The average molecular weight is 334 g/mol. The molecule has 0 amide bonds. The van der Waals surface area contributed by atoms with Crippen molar-refractivity contribution in [3.05, 3.63) is 60.2 Å². The Hall–Kier alpha value is -2.35. The number of rotatable bonds is 8. The first kappa shape index (κ1) is 17.5. The van der Waals surface area contributed by atoms with Gasteiger partial charge in [-0.3, -0.25) is 0 Å². The minimum absolute atomic E-state index is 0.213. The molecule has 0 radical (unpaired) electrons. The molecule has 0 aliphatic carbocycles. The highest BCUT2D eigenvalue weighted by Crippen LogP contribution is 2.26. The van der Waals surface area contributed by atoms with Gasteiger partial charge in [0.2, 0.25) is 0 Å². The summed E-state index contributed by atoms with van der Waals surface area (Å²) in [6, 6.07) is 18.3. The molecule has 3 aromatic rings. The van der Waals surface area contributed by atoms with Gasteiger partial charge in [0.25, 0.3) is 0 Å². The minimum Gasteiger partial charge on any atom is -0.462 e. The Bertz CT molecular complexity index is 851. The molecule has 0 unspecified atom stereocenters. The lowest BCUT2D eigenvalue weighted by atomic mass is 10.00. The summed E-state index contributed by atoms with van der Waals surface area (Å²) in [5, 5.41) is 4.38. The van der Waals surface area contributed by atoms with E-state index in [9.17, 15) is 4.79 Å². The van der Waals surface area contributed by atoms with Gasteiger partial charge in [-0.15, -0.1) is 0 Å². The molecule has 0 aliphatic rings. The van der Waals surface area contributed by atoms with E-state index in [0.717, 1.165) is 29.0 Å². The predicted octanol–water partition coefficient (Wildman–Crippen LogP) is 6.51. The minimum atomic E-state index is -0.213. The smallest absolute Gasteiger partial charge is 0.338 e. The Kier molecular flexibility index (Phi) is 6.05. The second kappa shape index (κ2) is 8.66. The number of esters is 1. The Morgan fingerprint density at radius 1 is 0.800 bits per heavy atom. The number of fused-ring (bicyclic) bond motifs is 2. The van der Waals surface area contributed by atoms with Crippen LogP contribution in [0.25, 0.3) is 21.5 Å². The highest BCUT2D eigenvalue weighted by Gasteiger charge is 2.12. The molecule has 0 bridgehead atoms. The third-order valence-electron chi connectivity index (χ3n) is 4.70. The summed E-state index contributed by atoms with van der Waals surface area (Å²) in [4.78, 5) is 12.5. The standard InChI is InChI=1S/C23H26O2/c1-2-3-4-5-6-9-15-25-23(24)21-14-10-13-20-16-18-11-7-8-12-19(18)17-22(20)21/h7-8,10-14,16-17H,2-6,9,15H2,1H3. The number of benzene rings is 3. The monoisotopic (exact) mass is 334 g/mol. The van der Waals surface area contributed by atoms with Crippen molar-refractivity contribution in [3.63, 3.8) is 0 Å². The maximum atomic E-state index is 12.5. The van der Waals surface area contributed by atoms with Gasteiger partial charge in [0.15, 0.2) is 0 Å². The fourth-order valence-corrected chi connectivity index (χ4v) is 3.27. The molecule has 0 aromatic heterocycles. The normalized spacial score (nSPS) is 11.1. The van der Waals surface area contributed by atoms with Gasteiger partial charge in [0, 0.05) is 0 Å². The Morgan fingerprint density at radius 2 is 1.48 bits per heavy atom. The maximum Gasteiger partial charge on any atom is 0.338 e. The number of hydrogen-bond acceptors (Lipinski definition) is 2. The zero-order valence-electron chi connectivity index (χ0n) is 15.0. The van der Waals surface area contributed by atoms with E-state index in [-0.39, 0.29) is 5.97 Å². The van der Waals surface area contributed by atoms with Crippen molar-refractivity contribution >= 4 is 27.5 Å². The fourth-order valence-electron chi connectivity index (χ4n) is 3.27. The van der Waals surface area contributed by atoms with Crippen LogP contribution in [0.2, 0.25) is 0 Å². The molecule has 0 heterocycles. The van der Waals surface area contributed by atoms with Crippen molar-refractivity contribution in [2.45, 2.75) is 45.4 Å². The van der Waals surface area contributed by atoms with Crippen molar-refractivity contribution in [2.24, 2.45) is 0 Å². The first-order chi connectivity index (χ1) is 12.3. The molecule has 0 saturated heterocycles. The van der Waals surface area contributed by atoms with Crippen molar-refractivity contribution in [2.75, 3.05) is 6.61 Å². The largest absolute Gasteiger partial charge is 0.462 e. The number of ether oxygens (including phenoxy) is 1. The van der Waals surface area contributed by atoms with Crippen molar-refractivity contribution in [3.8, 4) is 0 Å². The van der Waals surface area contributed by atoms with Gasteiger partial charge in [-0.1, -0.05) is 75.4 Å². The molecule has 0 spiro atoms. The summed E-state index contributed by atoms with van der Waals surface area (Å²) in [6.07, 6.45) is 7.14. The van der Waals surface area contributed by atoms with Gasteiger partial charge in [-0.05, 0) is 46.2 Å². The third-order valence-corrected chi connectivity index (χ3v) is 4.70. The van der Waals surface area contributed by atoms with Crippen LogP contribution in [0.3, 0.4) is 0 Å². The van der Waals surface area contributed by atoms with Crippen LogP contribution in [0, 0.1) is 0 Å². The SMILES string of the molecule is CCCCCCCCOC(=O)c1cccc2cc3ccccc3cc12. The summed E-state index contributed by atoms with van der Waals surface area (Å²) >= 11 is 0. The highest BCUT2D eigenvalue weighted by atomic mass is 16.5. The van der Waals surface area contributed by atoms with E-state index in [0.29, 0.717) is 12.2 Å². The van der Waals surface area contributed by atoms with Gasteiger partial charge in [-0.2, -0.15) is 0 Å². The molecule has 130 valence electrons. The third kappa shape index (κ3) is 4.39. The highest BCUT2D eigenvalue weighted by molar-refractivity contribution is 6.08. The first-order valence-corrected chi connectivity index (χ1v) is 9.38. The van der Waals surface area contributed by atoms with E-state index >= 15 is 0 Å². The van der Waals surface area contributed by atoms with E-state index in [1.54, 1.807) is 0 Å². The molecule has 25 heavy (non-hydrogen) atoms. The fraction of sp³-hybridized carbons (Fsp3) is 0.348. The van der Waals surface area contributed by atoms with Gasteiger partial charge >= 0.3 is 5.97 Å². The Labute approximate surface area is 149 Å². The van der Waals surface area contributed by atoms with E-state index in [4.69, 9.17) is 4.74 Å². The van der Waals surface area contributed by atoms with Crippen molar-refractivity contribution < 1.29 is 9.53 Å². The van der Waals surface area contributed by atoms with Crippen LogP contribution >= 0.6 is 0 Å².